The first-order valence-corrected chi connectivity index (χ1v) is 10.8. The van der Waals surface area contributed by atoms with E-state index in [1.54, 1.807) is 11.0 Å². The summed E-state index contributed by atoms with van der Waals surface area (Å²) in [4.78, 5) is 34.7. The number of fused-ring (bicyclic) bond motifs is 3. The van der Waals surface area contributed by atoms with Gasteiger partial charge in [0, 0.05) is 11.1 Å². The lowest BCUT2D eigenvalue weighted by molar-refractivity contribution is -0.121. The molecule has 5 rings (SSSR count). The third-order valence-electron chi connectivity index (χ3n) is 6.35. The number of anilines is 1. The highest BCUT2D eigenvalue weighted by atomic mass is 32.1. The molecule has 4 heterocycles. The molecule has 0 fully saturated rings. The van der Waals surface area contributed by atoms with Crippen molar-refractivity contribution in [2.75, 3.05) is 11.5 Å². The number of benzene rings is 1. The number of allylic oxidation sites excluding steroid dienone is 1. The van der Waals surface area contributed by atoms with Crippen LogP contribution in [-0.4, -0.2) is 28.0 Å². The maximum Gasteiger partial charge on any atom is 0.260 e. The lowest BCUT2D eigenvalue weighted by atomic mass is 9.69. The molecule has 1 unspecified atom stereocenters. The number of carbonyl (C=O) groups excluding carboxylic acids is 1. The van der Waals surface area contributed by atoms with Gasteiger partial charge in [-0.05, 0) is 57.6 Å². The van der Waals surface area contributed by atoms with Crippen LogP contribution in [0.25, 0.3) is 5.57 Å². The summed E-state index contributed by atoms with van der Waals surface area (Å²) in [5.41, 5.74) is 5.53. The molecule has 0 radical (unpaired) electrons. The van der Waals surface area contributed by atoms with Crippen molar-refractivity contribution in [2.24, 2.45) is 5.73 Å². The van der Waals surface area contributed by atoms with Crippen LogP contribution in [0.15, 0.2) is 34.5 Å². The number of ether oxygens (including phenoxy) is 2. The summed E-state index contributed by atoms with van der Waals surface area (Å²) in [6.07, 6.45) is 1.98. The van der Waals surface area contributed by atoms with Gasteiger partial charge in [0.15, 0.2) is 10.2 Å². The molecule has 9 nitrogen and oxygen atoms in total. The SMILES string of the molecule is CCOc1cc2c3c(c1)C1(C(=O)N3C(C)(C)C=C2C)C(C#N)=C(N)Oc2[nH]c(=S)[nH]c(=O)c21. The summed E-state index contributed by atoms with van der Waals surface area (Å²) in [7, 11) is 0. The molecule has 1 atom stereocenters. The number of H-pyrrole nitrogens is 2. The number of amides is 1. The zero-order valence-corrected chi connectivity index (χ0v) is 19.3. The fourth-order valence-corrected chi connectivity index (χ4v) is 5.45. The average Bonchev–Trinajstić information content (AvgIpc) is 2.96. The number of carbonyl (C=O) groups is 1. The fourth-order valence-electron chi connectivity index (χ4n) is 5.27. The van der Waals surface area contributed by atoms with Crippen LogP contribution < -0.4 is 25.7 Å². The molecular weight excluding hydrogens is 442 g/mol. The van der Waals surface area contributed by atoms with Crippen molar-refractivity contribution < 1.29 is 14.3 Å². The van der Waals surface area contributed by atoms with Crippen molar-refractivity contribution in [3.63, 3.8) is 0 Å². The summed E-state index contributed by atoms with van der Waals surface area (Å²) >= 11 is 5.10. The van der Waals surface area contributed by atoms with Crippen LogP contribution >= 0.6 is 12.2 Å². The number of nitrogens with one attached hydrogen (secondary N) is 2. The van der Waals surface area contributed by atoms with E-state index < -0.39 is 22.4 Å². The van der Waals surface area contributed by atoms with Gasteiger partial charge in [0.25, 0.3) is 5.56 Å². The molecule has 33 heavy (non-hydrogen) atoms. The second-order valence-electron chi connectivity index (χ2n) is 8.74. The van der Waals surface area contributed by atoms with Crippen molar-refractivity contribution in [1.29, 1.82) is 5.26 Å². The quantitative estimate of drug-likeness (QED) is 0.582. The van der Waals surface area contributed by atoms with Gasteiger partial charge in [-0.25, -0.2) is 0 Å². The molecule has 4 N–H and O–H groups in total. The average molecular weight is 464 g/mol. The second kappa shape index (κ2) is 6.59. The van der Waals surface area contributed by atoms with E-state index in [1.165, 1.54) is 0 Å². The monoisotopic (exact) mass is 463 g/mol. The topological polar surface area (TPSA) is 137 Å². The summed E-state index contributed by atoms with van der Waals surface area (Å²) in [6.45, 7) is 8.01. The van der Waals surface area contributed by atoms with Gasteiger partial charge in [0.2, 0.25) is 17.7 Å². The Kier molecular flexibility index (Phi) is 4.20. The first-order valence-electron chi connectivity index (χ1n) is 10.4. The van der Waals surface area contributed by atoms with Crippen molar-refractivity contribution in [2.45, 2.75) is 38.6 Å². The first kappa shape index (κ1) is 21.0. The Balaban J connectivity index is 2.02. The molecule has 0 saturated heterocycles. The molecule has 168 valence electrons. The Bertz CT molecular complexity index is 1490. The van der Waals surface area contributed by atoms with E-state index in [2.05, 4.69) is 9.97 Å². The van der Waals surface area contributed by atoms with Crippen molar-refractivity contribution in [3.8, 4) is 17.7 Å². The number of nitrogens with two attached hydrogens (primary N) is 1. The van der Waals surface area contributed by atoms with E-state index in [0.29, 0.717) is 23.6 Å². The smallest absolute Gasteiger partial charge is 0.260 e. The number of rotatable bonds is 2. The lowest BCUT2D eigenvalue weighted by Crippen LogP contribution is -2.54. The molecule has 0 aliphatic carbocycles. The van der Waals surface area contributed by atoms with E-state index in [1.807, 2.05) is 45.9 Å². The molecule has 1 amide bonds. The zero-order chi connectivity index (χ0) is 23.9. The standard InChI is InChI=1S/C23H21N5O4S/c1-5-31-11-6-12-10(2)8-22(3,4)28-16(12)13(7-11)23(20(28)30)14(9-24)17(25)32-19-15(23)18(29)26-21(33)27-19/h6-8H,5,25H2,1-4H3,(H2,26,27,29,33). The predicted octanol–water partition coefficient (Wildman–Crippen LogP) is 2.75. The lowest BCUT2D eigenvalue weighted by Gasteiger charge is -2.40. The molecule has 10 heteroatoms. The Hall–Kier alpha value is -3.84. The van der Waals surface area contributed by atoms with E-state index >= 15 is 0 Å². The molecule has 3 aliphatic rings. The van der Waals surface area contributed by atoms with Crippen molar-refractivity contribution >= 4 is 29.4 Å². The molecule has 0 saturated carbocycles. The molecule has 3 aliphatic heterocycles. The molecule has 0 bridgehead atoms. The van der Waals surface area contributed by atoms with Gasteiger partial charge < -0.3 is 25.1 Å². The molecule has 1 aromatic heterocycles. The minimum Gasteiger partial charge on any atom is -0.494 e. The number of nitriles is 1. The van der Waals surface area contributed by atoms with Gasteiger partial charge in [-0.2, -0.15) is 5.26 Å². The zero-order valence-electron chi connectivity index (χ0n) is 18.5. The van der Waals surface area contributed by atoms with Gasteiger partial charge in [0.1, 0.15) is 23.0 Å². The van der Waals surface area contributed by atoms with Crippen LogP contribution in [0.2, 0.25) is 0 Å². The number of hydrogen-bond acceptors (Lipinski definition) is 7. The van der Waals surface area contributed by atoms with E-state index in [0.717, 1.165) is 11.1 Å². The maximum atomic E-state index is 14.4. The van der Waals surface area contributed by atoms with Crippen molar-refractivity contribution in [1.82, 2.24) is 9.97 Å². The van der Waals surface area contributed by atoms with Crippen LogP contribution in [-0.2, 0) is 10.2 Å². The van der Waals surface area contributed by atoms with E-state index in [-0.39, 0.29) is 27.7 Å². The third-order valence-corrected chi connectivity index (χ3v) is 6.55. The van der Waals surface area contributed by atoms with Crippen LogP contribution in [0.4, 0.5) is 5.69 Å². The highest BCUT2D eigenvalue weighted by molar-refractivity contribution is 7.71. The Labute approximate surface area is 194 Å². The van der Waals surface area contributed by atoms with Crippen LogP contribution in [0.3, 0.4) is 0 Å². The first-order chi connectivity index (χ1) is 15.6. The fraction of sp³-hybridized carbons (Fsp3) is 0.304. The summed E-state index contributed by atoms with van der Waals surface area (Å²) < 4.78 is 11.4. The highest BCUT2D eigenvalue weighted by Crippen LogP contribution is 2.59. The Morgan fingerprint density at radius 3 is 2.70 bits per heavy atom. The number of aromatic amines is 2. The Morgan fingerprint density at radius 1 is 1.30 bits per heavy atom. The number of hydrogen-bond donors (Lipinski definition) is 3. The second-order valence-corrected chi connectivity index (χ2v) is 9.15. The van der Waals surface area contributed by atoms with Crippen LogP contribution in [0.1, 0.15) is 44.4 Å². The van der Waals surface area contributed by atoms with Gasteiger partial charge in [-0.1, -0.05) is 6.08 Å². The van der Waals surface area contributed by atoms with Gasteiger partial charge >= 0.3 is 0 Å². The van der Waals surface area contributed by atoms with Crippen LogP contribution in [0, 0.1) is 16.1 Å². The third kappa shape index (κ3) is 2.48. The highest BCUT2D eigenvalue weighted by Gasteiger charge is 2.64. The normalized spacial score (nSPS) is 21.8. The van der Waals surface area contributed by atoms with E-state index in [9.17, 15) is 14.9 Å². The summed E-state index contributed by atoms with van der Waals surface area (Å²) in [5, 5.41) is 10.2. The summed E-state index contributed by atoms with van der Waals surface area (Å²) in [6, 6.07) is 5.62. The summed E-state index contributed by atoms with van der Waals surface area (Å²) in [5.74, 6) is -0.294. The largest absolute Gasteiger partial charge is 0.494 e. The van der Waals surface area contributed by atoms with Crippen molar-refractivity contribution in [3.05, 3.63) is 61.5 Å². The maximum absolute atomic E-state index is 14.4. The predicted molar refractivity (Wildman–Crippen MR) is 123 cm³/mol. The Morgan fingerprint density at radius 2 is 2.03 bits per heavy atom. The number of nitrogens with zero attached hydrogens (tertiary/aromatic N) is 2. The minimum atomic E-state index is -1.83. The number of aromatic nitrogens is 2. The van der Waals surface area contributed by atoms with E-state index in [4.69, 9.17) is 27.4 Å². The molecular formula is C23H21N5O4S. The van der Waals surface area contributed by atoms with Gasteiger partial charge in [-0.15, -0.1) is 0 Å². The molecule has 1 spiro atoms. The van der Waals surface area contributed by atoms with Gasteiger partial charge in [-0.3, -0.25) is 14.6 Å². The molecule has 1 aromatic carbocycles. The van der Waals surface area contributed by atoms with Gasteiger partial charge in [0.05, 0.1) is 17.8 Å². The molecule has 2 aromatic rings. The minimum absolute atomic E-state index is 0.00977. The van der Waals surface area contributed by atoms with Crippen LogP contribution in [0.5, 0.6) is 11.6 Å².